The number of carbonyl (C=O) groups excluding carboxylic acids is 1. The molecule has 0 aliphatic carbocycles. The van der Waals surface area contributed by atoms with Crippen LogP contribution < -0.4 is 5.32 Å². The molecule has 0 spiro atoms. The van der Waals surface area contributed by atoms with Crippen molar-refractivity contribution >= 4 is 29.0 Å². The minimum absolute atomic E-state index is 0.177. The summed E-state index contributed by atoms with van der Waals surface area (Å²) in [5.41, 5.74) is 1.93. The SMILES string of the molecule is Cc1nc(CSc2ccc(C(=O)N3C[C@H]4CNC[C@H]4C3)cc2)cs1. The number of hydrogen-bond donors (Lipinski definition) is 1. The third-order valence-corrected chi connectivity index (χ3v) is 6.70. The zero-order valence-corrected chi connectivity index (χ0v) is 15.3. The molecule has 2 aliphatic heterocycles. The number of thioether (sulfide) groups is 1. The van der Waals surface area contributed by atoms with Crippen molar-refractivity contribution in [2.45, 2.75) is 17.6 Å². The minimum atomic E-state index is 0.177. The number of nitrogens with one attached hydrogen (secondary N) is 1. The number of aryl methyl sites for hydroxylation is 1. The van der Waals surface area contributed by atoms with Crippen LogP contribution in [-0.2, 0) is 5.75 Å². The molecule has 0 bridgehead atoms. The molecule has 1 aromatic carbocycles. The van der Waals surface area contributed by atoms with E-state index in [1.807, 2.05) is 24.0 Å². The van der Waals surface area contributed by atoms with E-state index in [-0.39, 0.29) is 5.91 Å². The number of hydrogen-bond acceptors (Lipinski definition) is 5. The van der Waals surface area contributed by atoms with Gasteiger partial charge in [-0.1, -0.05) is 0 Å². The summed E-state index contributed by atoms with van der Waals surface area (Å²) in [6.45, 7) is 5.94. The predicted octanol–water partition coefficient (Wildman–Crippen LogP) is 3.04. The molecule has 4 rings (SSSR count). The van der Waals surface area contributed by atoms with E-state index in [4.69, 9.17) is 0 Å². The van der Waals surface area contributed by atoms with Gasteiger partial charge in [-0.2, -0.15) is 0 Å². The summed E-state index contributed by atoms with van der Waals surface area (Å²) < 4.78 is 0. The van der Waals surface area contributed by atoms with Gasteiger partial charge in [0.2, 0.25) is 0 Å². The molecule has 4 nitrogen and oxygen atoms in total. The fourth-order valence-electron chi connectivity index (χ4n) is 3.53. The average molecular weight is 360 g/mol. The summed E-state index contributed by atoms with van der Waals surface area (Å²) in [6, 6.07) is 8.03. The Morgan fingerprint density at radius 1 is 1.29 bits per heavy atom. The summed E-state index contributed by atoms with van der Waals surface area (Å²) in [6.07, 6.45) is 0. The molecule has 2 saturated heterocycles. The van der Waals surface area contributed by atoms with Gasteiger partial charge in [-0.15, -0.1) is 23.1 Å². The monoisotopic (exact) mass is 359 g/mol. The highest BCUT2D eigenvalue weighted by Gasteiger charge is 2.38. The quantitative estimate of drug-likeness (QED) is 0.853. The highest BCUT2D eigenvalue weighted by atomic mass is 32.2. The largest absolute Gasteiger partial charge is 0.338 e. The minimum Gasteiger partial charge on any atom is -0.338 e. The lowest BCUT2D eigenvalue weighted by molar-refractivity contribution is 0.0781. The van der Waals surface area contributed by atoms with Crippen molar-refractivity contribution in [2.75, 3.05) is 26.2 Å². The van der Waals surface area contributed by atoms with E-state index in [0.717, 1.165) is 48.2 Å². The second kappa shape index (κ2) is 6.86. The van der Waals surface area contributed by atoms with Crippen LogP contribution >= 0.6 is 23.1 Å². The molecule has 0 saturated carbocycles. The fraction of sp³-hybridized carbons (Fsp3) is 0.444. The number of amides is 1. The third-order valence-electron chi connectivity index (χ3n) is 4.83. The lowest BCUT2D eigenvalue weighted by atomic mass is 10.0. The van der Waals surface area contributed by atoms with Gasteiger partial charge in [-0.05, 0) is 43.0 Å². The first-order chi connectivity index (χ1) is 11.7. The van der Waals surface area contributed by atoms with Crippen LogP contribution in [0.2, 0.25) is 0 Å². The molecule has 0 radical (unpaired) electrons. The van der Waals surface area contributed by atoms with Gasteiger partial charge in [0.15, 0.2) is 0 Å². The average Bonchev–Trinajstić information content (AvgIpc) is 3.28. The molecule has 2 aromatic rings. The number of carbonyl (C=O) groups is 1. The lowest BCUT2D eigenvalue weighted by Gasteiger charge is -2.17. The maximum absolute atomic E-state index is 12.7. The molecule has 1 aromatic heterocycles. The molecule has 1 amide bonds. The van der Waals surface area contributed by atoms with Crippen LogP contribution in [0.4, 0.5) is 0 Å². The van der Waals surface area contributed by atoms with Crippen LogP contribution in [0.3, 0.4) is 0 Å². The highest BCUT2D eigenvalue weighted by molar-refractivity contribution is 7.98. The van der Waals surface area contributed by atoms with E-state index < -0.39 is 0 Å². The molecule has 2 aliphatic rings. The fourth-order valence-corrected chi connectivity index (χ4v) is 5.04. The zero-order chi connectivity index (χ0) is 16.5. The molecular weight excluding hydrogens is 338 g/mol. The standard InChI is InChI=1S/C18H21N3OS2/c1-12-20-16(10-23-12)11-24-17-4-2-13(3-5-17)18(22)21-8-14-6-19-7-15(14)9-21/h2-5,10,14-15,19H,6-9,11H2,1H3/t14-,15+. The van der Waals surface area contributed by atoms with Crippen molar-refractivity contribution in [1.82, 2.24) is 15.2 Å². The summed E-state index contributed by atoms with van der Waals surface area (Å²) in [4.78, 5) is 20.3. The molecule has 0 unspecified atom stereocenters. The van der Waals surface area contributed by atoms with Gasteiger partial charge >= 0.3 is 0 Å². The molecule has 6 heteroatoms. The van der Waals surface area contributed by atoms with E-state index in [1.165, 1.54) is 4.90 Å². The molecule has 126 valence electrons. The second-order valence-corrected chi connectivity index (χ2v) is 8.67. The van der Waals surface area contributed by atoms with E-state index in [2.05, 4.69) is 27.8 Å². The molecular formula is C18H21N3OS2. The predicted molar refractivity (Wildman–Crippen MR) is 98.6 cm³/mol. The van der Waals surface area contributed by atoms with Crippen LogP contribution in [0.5, 0.6) is 0 Å². The Balaban J connectivity index is 1.36. The van der Waals surface area contributed by atoms with Crippen LogP contribution in [0.1, 0.15) is 21.1 Å². The van der Waals surface area contributed by atoms with E-state index in [9.17, 15) is 4.79 Å². The molecule has 3 heterocycles. The van der Waals surface area contributed by atoms with E-state index in [1.54, 1.807) is 23.1 Å². The summed E-state index contributed by atoms with van der Waals surface area (Å²) in [7, 11) is 0. The number of aromatic nitrogens is 1. The Morgan fingerprint density at radius 3 is 2.62 bits per heavy atom. The number of fused-ring (bicyclic) bond motifs is 1. The summed E-state index contributed by atoms with van der Waals surface area (Å²) >= 11 is 3.45. The zero-order valence-electron chi connectivity index (χ0n) is 13.7. The second-order valence-electron chi connectivity index (χ2n) is 6.56. The Kier molecular flexibility index (Phi) is 4.61. The van der Waals surface area contributed by atoms with Crippen LogP contribution in [0, 0.1) is 18.8 Å². The van der Waals surface area contributed by atoms with Gasteiger partial charge in [-0.3, -0.25) is 4.79 Å². The van der Waals surface area contributed by atoms with E-state index in [0.29, 0.717) is 11.8 Å². The molecule has 24 heavy (non-hydrogen) atoms. The van der Waals surface area contributed by atoms with Crippen LogP contribution in [0.25, 0.3) is 0 Å². The van der Waals surface area contributed by atoms with Gasteiger partial charge in [0.05, 0.1) is 10.7 Å². The Bertz CT molecular complexity index is 716. The lowest BCUT2D eigenvalue weighted by Crippen LogP contribution is -2.31. The first kappa shape index (κ1) is 16.1. The third kappa shape index (κ3) is 3.36. The molecule has 1 N–H and O–H groups in total. The Morgan fingerprint density at radius 2 is 2.00 bits per heavy atom. The van der Waals surface area contributed by atoms with Gasteiger partial charge in [-0.25, -0.2) is 4.98 Å². The van der Waals surface area contributed by atoms with Gasteiger partial charge in [0.25, 0.3) is 5.91 Å². The van der Waals surface area contributed by atoms with Gasteiger partial charge < -0.3 is 10.2 Å². The molecule has 2 atom stereocenters. The number of thiazole rings is 1. The van der Waals surface area contributed by atoms with Gasteiger partial charge in [0, 0.05) is 47.8 Å². The van der Waals surface area contributed by atoms with Crippen LogP contribution in [-0.4, -0.2) is 42.0 Å². The highest BCUT2D eigenvalue weighted by Crippen LogP contribution is 2.28. The molecule has 2 fully saturated rings. The first-order valence-corrected chi connectivity index (χ1v) is 10.2. The van der Waals surface area contributed by atoms with Crippen LogP contribution in [0.15, 0.2) is 34.5 Å². The van der Waals surface area contributed by atoms with Crippen molar-refractivity contribution in [3.63, 3.8) is 0 Å². The van der Waals surface area contributed by atoms with E-state index >= 15 is 0 Å². The van der Waals surface area contributed by atoms with Crippen molar-refractivity contribution in [3.05, 3.63) is 45.9 Å². The van der Waals surface area contributed by atoms with Crippen molar-refractivity contribution in [3.8, 4) is 0 Å². The Hall–Kier alpha value is -1.37. The maximum atomic E-state index is 12.7. The van der Waals surface area contributed by atoms with Crippen molar-refractivity contribution in [1.29, 1.82) is 0 Å². The topological polar surface area (TPSA) is 45.2 Å². The van der Waals surface area contributed by atoms with Crippen molar-refractivity contribution < 1.29 is 4.79 Å². The first-order valence-electron chi connectivity index (χ1n) is 8.33. The smallest absolute Gasteiger partial charge is 0.253 e. The van der Waals surface area contributed by atoms with Gasteiger partial charge in [0.1, 0.15) is 0 Å². The van der Waals surface area contributed by atoms with Crippen molar-refractivity contribution in [2.24, 2.45) is 11.8 Å². The Labute approximate surface area is 150 Å². The maximum Gasteiger partial charge on any atom is 0.253 e. The normalized spacial score (nSPS) is 22.8. The number of rotatable bonds is 4. The number of benzene rings is 1. The number of nitrogens with zero attached hydrogens (tertiary/aromatic N) is 2. The number of likely N-dealkylation sites (tertiary alicyclic amines) is 1. The summed E-state index contributed by atoms with van der Waals surface area (Å²) in [5, 5.41) is 6.63. The summed E-state index contributed by atoms with van der Waals surface area (Å²) in [5.74, 6) is 2.34.